The summed E-state index contributed by atoms with van der Waals surface area (Å²) in [6.45, 7) is 5.47. The van der Waals surface area contributed by atoms with Gasteiger partial charge in [-0.25, -0.2) is 4.98 Å². The van der Waals surface area contributed by atoms with Crippen LogP contribution in [0.1, 0.15) is 19.4 Å². The van der Waals surface area contributed by atoms with E-state index in [9.17, 15) is 0 Å². The minimum absolute atomic E-state index is 0.463. The Bertz CT molecular complexity index is 662. The molecule has 0 saturated carbocycles. The molecule has 0 saturated heterocycles. The molecule has 0 fully saturated rings. The van der Waals surface area contributed by atoms with Gasteiger partial charge in [0.15, 0.2) is 0 Å². The average Bonchev–Trinajstić information content (AvgIpc) is 2.44. The summed E-state index contributed by atoms with van der Waals surface area (Å²) >= 11 is 0. The van der Waals surface area contributed by atoms with Gasteiger partial charge in [-0.3, -0.25) is 5.43 Å². The molecule has 1 aromatic heterocycles. The fourth-order valence-corrected chi connectivity index (χ4v) is 1.70. The Labute approximate surface area is 111 Å². The minimum Gasteiger partial charge on any atom is -0.411 e. The minimum atomic E-state index is 0.463. The molecule has 0 aliphatic carbocycles. The molecule has 0 aliphatic rings. The zero-order valence-corrected chi connectivity index (χ0v) is 11.2. The molecule has 0 spiro atoms. The number of aromatic nitrogens is 1. The van der Waals surface area contributed by atoms with Gasteiger partial charge in [-0.1, -0.05) is 23.4 Å². The first-order valence-electron chi connectivity index (χ1n) is 5.97. The van der Waals surface area contributed by atoms with Crippen LogP contribution >= 0.6 is 0 Å². The van der Waals surface area contributed by atoms with E-state index in [4.69, 9.17) is 5.21 Å². The molecule has 5 heteroatoms. The van der Waals surface area contributed by atoms with Gasteiger partial charge in [-0.2, -0.15) is 5.10 Å². The monoisotopic (exact) mass is 256 g/mol. The number of nitrogens with one attached hydrogen (secondary N) is 1. The summed E-state index contributed by atoms with van der Waals surface area (Å²) in [7, 11) is 0. The van der Waals surface area contributed by atoms with Crippen LogP contribution in [0.2, 0.25) is 0 Å². The van der Waals surface area contributed by atoms with Gasteiger partial charge >= 0.3 is 0 Å². The summed E-state index contributed by atoms with van der Waals surface area (Å²) in [5, 5.41) is 17.0. The second-order valence-corrected chi connectivity index (χ2v) is 4.34. The highest BCUT2D eigenvalue weighted by molar-refractivity contribution is 6.40. The zero-order chi connectivity index (χ0) is 13.8. The number of nitrogens with zero attached hydrogens (tertiary/aromatic N) is 3. The Hall–Kier alpha value is -2.43. The number of fused-ring (bicyclic) bond motifs is 1. The lowest BCUT2D eigenvalue weighted by molar-refractivity contribution is 0.320. The van der Waals surface area contributed by atoms with Crippen molar-refractivity contribution in [3.63, 3.8) is 0 Å². The Morgan fingerprint density at radius 2 is 1.95 bits per heavy atom. The van der Waals surface area contributed by atoms with Crippen LogP contribution in [0.4, 0.5) is 5.82 Å². The summed E-state index contributed by atoms with van der Waals surface area (Å²) in [5.41, 5.74) is 6.00. The van der Waals surface area contributed by atoms with E-state index in [0.29, 0.717) is 17.2 Å². The summed E-state index contributed by atoms with van der Waals surface area (Å²) < 4.78 is 0. The number of rotatable bonds is 3. The smallest absolute Gasteiger partial charge is 0.147 e. The first-order chi connectivity index (χ1) is 9.11. The van der Waals surface area contributed by atoms with Gasteiger partial charge in [0.25, 0.3) is 0 Å². The molecule has 0 radical (unpaired) electrons. The lowest BCUT2D eigenvalue weighted by Gasteiger charge is -2.06. The number of hydrogen-bond donors (Lipinski definition) is 2. The maximum absolute atomic E-state index is 8.65. The number of aryl methyl sites for hydroxylation is 1. The SMILES string of the molecule is CC(=N\O)/C(C)=N/Nc1cc(C)c2ccccc2n1. The van der Waals surface area contributed by atoms with Gasteiger partial charge in [0.2, 0.25) is 0 Å². The number of hydrazone groups is 1. The fourth-order valence-electron chi connectivity index (χ4n) is 1.70. The van der Waals surface area contributed by atoms with E-state index in [2.05, 4.69) is 20.7 Å². The van der Waals surface area contributed by atoms with Crippen LogP contribution in [-0.4, -0.2) is 21.6 Å². The van der Waals surface area contributed by atoms with E-state index < -0.39 is 0 Å². The predicted octanol–water partition coefficient (Wildman–Crippen LogP) is 3.18. The highest BCUT2D eigenvalue weighted by Crippen LogP contribution is 2.19. The summed E-state index contributed by atoms with van der Waals surface area (Å²) in [6, 6.07) is 9.89. The van der Waals surface area contributed by atoms with Crippen molar-refractivity contribution in [1.29, 1.82) is 0 Å². The average molecular weight is 256 g/mol. The number of benzene rings is 1. The third-order valence-corrected chi connectivity index (χ3v) is 2.93. The van der Waals surface area contributed by atoms with Crippen LogP contribution in [0.3, 0.4) is 0 Å². The summed E-state index contributed by atoms with van der Waals surface area (Å²) in [5.74, 6) is 0.668. The van der Waals surface area contributed by atoms with E-state index in [1.807, 2.05) is 37.3 Å². The van der Waals surface area contributed by atoms with Crippen molar-refractivity contribution >= 4 is 28.1 Å². The maximum atomic E-state index is 8.65. The molecule has 1 aromatic carbocycles. The van der Waals surface area contributed by atoms with E-state index in [1.54, 1.807) is 13.8 Å². The zero-order valence-electron chi connectivity index (χ0n) is 11.2. The second kappa shape index (κ2) is 5.48. The van der Waals surface area contributed by atoms with Gasteiger partial charge in [0, 0.05) is 5.39 Å². The molecule has 0 atom stereocenters. The molecule has 19 heavy (non-hydrogen) atoms. The molecular weight excluding hydrogens is 240 g/mol. The quantitative estimate of drug-likeness (QED) is 0.503. The first-order valence-corrected chi connectivity index (χ1v) is 5.97. The van der Waals surface area contributed by atoms with E-state index >= 15 is 0 Å². The molecule has 0 bridgehead atoms. The topological polar surface area (TPSA) is 69.9 Å². The van der Waals surface area contributed by atoms with Gasteiger partial charge < -0.3 is 5.21 Å². The molecule has 0 amide bonds. The van der Waals surface area contributed by atoms with E-state index in [-0.39, 0.29) is 0 Å². The van der Waals surface area contributed by atoms with Crippen molar-refractivity contribution in [2.24, 2.45) is 10.3 Å². The Balaban J connectivity index is 2.32. The van der Waals surface area contributed by atoms with Crippen molar-refractivity contribution in [3.8, 4) is 0 Å². The molecule has 2 rings (SSSR count). The normalized spacial score (nSPS) is 12.8. The summed E-state index contributed by atoms with van der Waals surface area (Å²) in [4.78, 5) is 4.47. The maximum Gasteiger partial charge on any atom is 0.147 e. The van der Waals surface area contributed by atoms with E-state index in [1.165, 1.54) is 0 Å². The van der Waals surface area contributed by atoms with Crippen molar-refractivity contribution in [2.75, 3.05) is 5.43 Å². The van der Waals surface area contributed by atoms with Gasteiger partial charge in [-0.05, 0) is 38.5 Å². The van der Waals surface area contributed by atoms with Crippen LogP contribution in [-0.2, 0) is 0 Å². The number of anilines is 1. The van der Waals surface area contributed by atoms with Crippen LogP contribution in [0.25, 0.3) is 10.9 Å². The molecule has 0 unspecified atom stereocenters. The molecular formula is C14H16N4O. The van der Waals surface area contributed by atoms with Gasteiger partial charge in [0.05, 0.1) is 16.9 Å². The highest BCUT2D eigenvalue weighted by atomic mass is 16.4. The first kappa shape index (κ1) is 13.0. The third kappa shape index (κ3) is 2.88. The van der Waals surface area contributed by atoms with Crippen molar-refractivity contribution in [3.05, 3.63) is 35.9 Å². The lowest BCUT2D eigenvalue weighted by Crippen LogP contribution is -2.08. The number of pyridine rings is 1. The van der Waals surface area contributed by atoms with Crippen molar-refractivity contribution in [1.82, 2.24) is 4.98 Å². The standard InChI is InChI=1S/C14H16N4O/c1-9-8-14(17-16-10(2)11(3)18-19)15-13-7-5-4-6-12(9)13/h4-8,19H,1-3H3,(H,15,17)/b16-10+,18-11+. The predicted molar refractivity (Wildman–Crippen MR) is 78.1 cm³/mol. The third-order valence-electron chi connectivity index (χ3n) is 2.93. The lowest BCUT2D eigenvalue weighted by atomic mass is 10.1. The van der Waals surface area contributed by atoms with Crippen molar-refractivity contribution in [2.45, 2.75) is 20.8 Å². The Morgan fingerprint density at radius 1 is 1.21 bits per heavy atom. The largest absolute Gasteiger partial charge is 0.411 e. The summed E-state index contributed by atoms with van der Waals surface area (Å²) in [6.07, 6.45) is 0. The van der Waals surface area contributed by atoms with Crippen LogP contribution < -0.4 is 5.43 Å². The van der Waals surface area contributed by atoms with Crippen LogP contribution in [0.5, 0.6) is 0 Å². The molecule has 2 N–H and O–H groups in total. The van der Waals surface area contributed by atoms with Gasteiger partial charge in [-0.15, -0.1) is 0 Å². The van der Waals surface area contributed by atoms with Gasteiger partial charge in [0.1, 0.15) is 5.82 Å². The van der Waals surface area contributed by atoms with Crippen LogP contribution in [0, 0.1) is 6.92 Å². The molecule has 0 aliphatic heterocycles. The Morgan fingerprint density at radius 3 is 2.68 bits per heavy atom. The fraction of sp³-hybridized carbons (Fsp3) is 0.214. The second-order valence-electron chi connectivity index (χ2n) is 4.34. The molecule has 1 heterocycles. The molecule has 5 nitrogen and oxygen atoms in total. The number of hydrogen-bond acceptors (Lipinski definition) is 5. The number of oxime groups is 1. The van der Waals surface area contributed by atoms with Crippen molar-refractivity contribution < 1.29 is 5.21 Å². The molecule has 98 valence electrons. The Kier molecular flexibility index (Phi) is 3.75. The van der Waals surface area contributed by atoms with E-state index in [0.717, 1.165) is 16.5 Å². The van der Waals surface area contributed by atoms with Crippen LogP contribution in [0.15, 0.2) is 40.6 Å². The highest BCUT2D eigenvalue weighted by Gasteiger charge is 2.02. The number of para-hydroxylation sites is 1. The molecule has 2 aromatic rings.